The summed E-state index contributed by atoms with van der Waals surface area (Å²) < 4.78 is 26.7. The Kier molecular flexibility index (Phi) is 7.89. The van der Waals surface area contributed by atoms with Gasteiger partial charge < -0.3 is 14.8 Å². The van der Waals surface area contributed by atoms with Gasteiger partial charge in [-0.25, -0.2) is 4.79 Å². The smallest absolute Gasteiger partial charge is 0.469 e. The van der Waals surface area contributed by atoms with Crippen LogP contribution >= 0.6 is 8.17 Å². The first kappa shape index (κ1) is 24.2. The largest absolute Gasteiger partial charge is 0.576 e. The van der Waals surface area contributed by atoms with Crippen molar-refractivity contribution >= 4 is 26.0 Å². The van der Waals surface area contributed by atoms with E-state index >= 15 is 0 Å². The molecular formula is C17H27N3O9P+. The molecule has 1 unspecified atom stereocenters. The molecule has 12 nitrogen and oxygen atoms in total. The molecular weight excluding hydrogens is 421 g/mol. The molecule has 1 amide bonds. The van der Waals surface area contributed by atoms with Gasteiger partial charge in [-0.1, -0.05) is 13.8 Å². The van der Waals surface area contributed by atoms with E-state index in [1.807, 2.05) is 0 Å². The van der Waals surface area contributed by atoms with Crippen LogP contribution in [0.5, 0.6) is 0 Å². The lowest BCUT2D eigenvalue weighted by Gasteiger charge is -2.36. The highest BCUT2D eigenvalue weighted by Crippen LogP contribution is 2.63. The Morgan fingerprint density at radius 1 is 1.43 bits per heavy atom. The van der Waals surface area contributed by atoms with Crippen LogP contribution in [0.25, 0.3) is 0 Å². The molecule has 2 atom stereocenters. The van der Waals surface area contributed by atoms with Gasteiger partial charge in [0.25, 0.3) is 5.91 Å². The fourth-order valence-corrected chi connectivity index (χ4v) is 4.13. The Morgan fingerprint density at radius 3 is 2.73 bits per heavy atom. The van der Waals surface area contributed by atoms with E-state index in [1.165, 1.54) is 17.9 Å². The van der Waals surface area contributed by atoms with Gasteiger partial charge in [-0.3, -0.25) is 14.3 Å². The molecule has 1 fully saturated rings. The molecule has 0 saturated carbocycles. The maximum Gasteiger partial charge on any atom is 0.576 e. The molecule has 0 bridgehead atoms. The second-order valence-electron chi connectivity index (χ2n) is 7.31. The van der Waals surface area contributed by atoms with Gasteiger partial charge in [-0.2, -0.15) is 14.5 Å². The third kappa shape index (κ3) is 6.19. The highest BCUT2D eigenvalue weighted by Gasteiger charge is 2.59. The van der Waals surface area contributed by atoms with Crippen molar-refractivity contribution in [2.45, 2.75) is 33.3 Å². The topological polar surface area (TPSA) is 147 Å². The van der Waals surface area contributed by atoms with Crippen LogP contribution in [0.3, 0.4) is 0 Å². The molecule has 13 heteroatoms. The fraction of sp³-hybridized carbons (Fsp3) is 0.647. The molecule has 2 rings (SSSR count). The van der Waals surface area contributed by atoms with Crippen molar-refractivity contribution in [3.63, 3.8) is 0 Å². The van der Waals surface area contributed by atoms with Crippen molar-refractivity contribution in [3.8, 4) is 0 Å². The number of carbonyl (C=O) groups is 3. The number of hydrogen-bond acceptors (Lipinski definition) is 10. The van der Waals surface area contributed by atoms with Crippen LogP contribution in [-0.4, -0.2) is 65.7 Å². The molecule has 2 N–H and O–H groups in total. The third-order valence-corrected chi connectivity index (χ3v) is 5.62. The molecule has 168 valence electrons. The lowest BCUT2D eigenvalue weighted by molar-refractivity contribution is -0.146. The summed E-state index contributed by atoms with van der Waals surface area (Å²) in [6, 6.07) is 1.54. The molecule has 30 heavy (non-hydrogen) atoms. The maximum absolute atomic E-state index is 12.5. The Bertz CT molecular complexity index is 797. The van der Waals surface area contributed by atoms with Gasteiger partial charge in [-0.15, -0.1) is 9.05 Å². The summed E-state index contributed by atoms with van der Waals surface area (Å²) in [4.78, 5) is 46.2. The first-order valence-corrected chi connectivity index (χ1v) is 10.6. The highest BCUT2D eigenvalue weighted by molar-refractivity contribution is 7.55. The van der Waals surface area contributed by atoms with Crippen molar-refractivity contribution in [1.29, 1.82) is 0 Å². The monoisotopic (exact) mass is 448 g/mol. The van der Waals surface area contributed by atoms with Crippen molar-refractivity contribution in [2.75, 3.05) is 27.1 Å². The molecule has 1 aliphatic rings. The van der Waals surface area contributed by atoms with Gasteiger partial charge in [0.2, 0.25) is 6.79 Å². The molecule has 1 aromatic rings. The van der Waals surface area contributed by atoms with E-state index < -0.39 is 44.3 Å². The zero-order valence-corrected chi connectivity index (χ0v) is 18.4. The van der Waals surface area contributed by atoms with Gasteiger partial charge >= 0.3 is 20.1 Å². The average Bonchev–Trinajstić information content (AvgIpc) is 3.02. The van der Waals surface area contributed by atoms with E-state index in [1.54, 1.807) is 27.8 Å². The number of methoxy groups -OCH3 is 1. The van der Waals surface area contributed by atoms with Crippen molar-refractivity contribution in [3.05, 3.63) is 17.5 Å². The maximum atomic E-state index is 12.5. The predicted molar refractivity (Wildman–Crippen MR) is 103 cm³/mol. The van der Waals surface area contributed by atoms with Crippen LogP contribution in [0.1, 0.15) is 36.5 Å². The quantitative estimate of drug-likeness (QED) is 0.330. The van der Waals surface area contributed by atoms with Crippen LogP contribution in [-0.2, 0) is 39.7 Å². The lowest BCUT2D eigenvalue weighted by atomic mass is 9.87. The summed E-state index contributed by atoms with van der Waals surface area (Å²) in [5, 5.41) is 6.59. The van der Waals surface area contributed by atoms with Gasteiger partial charge in [0.1, 0.15) is 12.3 Å². The summed E-state index contributed by atoms with van der Waals surface area (Å²) in [5.74, 6) is -1.73. The normalized spacial score (nSPS) is 22.9. The Hall–Kier alpha value is -2.11. The standard InChI is InChI=1S/C17H26N3O9P/c1-11-8-12(20(4)19-11)16(23)26-10-28-30(24)27-9-17(2,3)14(29-30)15(22)18-7-6-13(21)25-5/h8,14,24H,6-7,9-10H2,1-5H3/p+1/t14-,30?/m0/s1. The Labute approximate surface area is 174 Å². The minimum atomic E-state index is -3.92. The van der Waals surface area contributed by atoms with E-state index in [0.29, 0.717) is 5.69 Å². The summed E-state index contributed by atoms with van der Waals surface area (Å²) in [6.45, 7) is 4.51. The minimum Gasteiger partial charge on any atom is -0.469 e. The molecule has 0 aromatic carbocycles. The minimum absolute atomic E-state index is 0.00869. The van der Waals surface area contributed by atoms with Crippen LogP contribution in [0.4, 0.5) is 0 Å². The van der Waals surface area contributed by atoms with Crippen molar-refractivity contribution in [2.24, 2.45) is 12.5 Å². The SMILES string of the molecule is COC(=O)CCNC(=O)[C@@H]1O[P+](O)(OCOC(=O)c2cc(C)nn2C)OCC1(C)C. The van der Waals surface area contributed by atoms with Gasteiger partial charge in [-0.05, 0) is 13.0 Å². The number of aromatic nitrogens is 2. The second kappa shape index (κ2) is 9.80. The first-order valence-electron chi connectivity index (χ1n) is 9.09. The number of hydrogen-bond donors (Lipinski definition) is 2. The van der Waals surface area contributed by atoms with Crippen molar-refractivity contribution < 1.29 is 42.3 Å². The average molecular weight is 448 g/mol. The van der Waals surface area contributed by atoms with E-state index in [-0.39, 0.29) is 25.3 Å². The molecule has 1 aromatic heterocycles. The number of amides is 1. The summed E-state index contributed by atoms with van der Waals surface area (Å²) in [5.41, 5.74) is 0.0584. The van der Waals surface area contributed by atoms with Crippen LogP contribution in [0.2, 0.25) is 0 Å². The number of ether oxygens (including phenoxy) is 2. The van der Waals surface area contributed by atoms with E-state index in [4.69, 9.17) is 18.3 Å². The number of rotatable bonds is 8. The second-order valence-corrected chi connectivity index (χ2v) is 8.97. The number of esters is 2. The highest BCUT2D eigenvalue weighted by atomic mass is 31.2. The summed E-state index contributed by atoms with van der Waals surface area (Å²) in [7, 11) is -1.08. The first-order chi connectivity index (χ1) is 14.0. The van der Waals surface area contributed by atoms with Crippen LogP contribution in [0.15, 0.2) is 6.07 Å². The van der Waals surface area contributed by atoms with Crippen LogP contribution in [0, 0.1) is 12.3 Å². The van der Waals surface area contributed by atoms with Crippen LogP contribution < -0.4 is 5.32 Å². The van der Waals surface area contributed by atoms with E-state index in [9.17, 15) is 19.3 Å². The van der Waals surface area contributed by atoms with Gasteiger partial charge in [0.15, 0.2) is 6.10 Å². The van der Waals surface area contributed by atoms with Gasteiger partial charge in [0.05, 0.1) is 19.2 Å². The van der Waals surface area contributed by atoms with E-state index in [2.05, 4.69) is 15.2 Å². The Morgan fingerprint density at radius 2 is 2.13 bits per heavy atom. The molecule has 1 aliphatic heterocycles. The van der Waals surface area contributed by atoms with Gasteiger partial charge in [0, 0.05) is 19.0 Å². The molecule has 0 aliphatic carbocycles. The third-order valence-electron chi connectivity index (χ3n) is 4.26. The summed E-state index contributed by atoms with van der Waals surface area (Å²) in [6.07, 6.45) is -1.12. The van der Waals surface area contributed by atoms with Crippen molar-refractivity contribution in [1.82, 2.24) is 15.1 Å². The molecule has 2 heterocycles. The number of aryl methyl sites for hydroxylation is 2. The lowest BCUT2D eigenvalue weighted by Crippen LogP contribution is -2.50. The number of nitrogens with one attached hydrogen (secondary N) is 1. The summed E-state index contributed by atoms with van der Waals surface area (Å²) >= 11 is 0. The number of nitrogens with zero attached hydrogens (tertiary/aromatic N) is 2. The Balaban J connectivity index is 1.91. The van der Waals surface area contributed by atoms with E-state index in [0.717, 1.165) is 0 Å². The molecule has 1 saturated heterocycles. The zero-order valence-electron chi connectivity index (χ0n) is 17.5. The predicted octanol–water partition coefficient (Wildman–Crippen LogP) is 0.650. The molecule has 0 spiro atoms. The number of carbonyl (C=O) groups excluding carboxylic acids is 3. The fourth-order valence-electron chi connectivity index (χ4n) is 2.60. The molecule has 0 radical (unpaired) electrons. The zero-order chi connectivity index (χ0) is 22.5.